The summed E-state index contributed by atoms with van der Waals surface area (Å²) in [6.07, 6.45) is 3.43. The van der Waals surface area contributed by atoms with Gasteiger partial charge >= 0.3 is 5.97 Å². The van der Waals surface area contributed by atoms with E-state index in [0.717, 1.165) is 34.7 Å². The number of aliphatic hydroxyl groups is 1. The Bertz CT molecular complexity index is 697. The molecule has 1 aliphatic rings. The lowest BCUT2D eigenvalue weighted by Crippen LogP contribution is -2.25. The van der Waals surface area contributed by atoms with Gasteiger partial charge in [0.1, 0.15) is 16.9 Å². The second kappa shape index (κ2) is 6.06. The highest BCUT2D eigenvalue weighted by Crippen LogP contribution is 2.31. The second-order valence-corrected chi connectivity index (χ2v) is 6.72. The molecule has 116 valence electrons. The average molecular weight is 319 g/mol. The fourth-order valence-electron chi connectivity index (χ4n) is 2.62. The third-order valence-corrected chi connectivity index (χ3v) is 4.69. The Labute approximate surface area is 132 Å². The van der Waals surface area contributed by atoms with E-state index in [1.54, 1.807) is 18.3 Å². The van der Waals surface area contributed by atoms with Crippen LogP contribution in [0.1, 0.15) is 34.5 Å². The Balaban J connectivity index is 1.95. The number of aromatic nitrogens is 1. The van der Waals surface area contributed by atoms with Crippen LogP contribution >= 0.6 is 11.3 Å². The number of ether oxygens (including phenoxy) is 1. The lowest BCUT2D eigenvalue weighted by Gasteiger charge is -2.18. The van der Waals surface area contributed by atoms with Gasteiger partial charge in [-0.2, -0.15) is 0 Å². The number of aliphatic hydroxyl groups excluding tert-OH is 1. The zero-order chi connectivity index (χ0) is 15.7. The Morgan fingerprint density at radius 1 is 1.36 bits per heavy atom. The fourth-order valence-corrected chi connectivity index (χ4v) is 3.37. The normalized spacial score (nSPS) is 21.0. The first-order valence-electron chi connectivity index (χ1n) is 7.19. The van der Waals surface area contributed by atoms with Gasteiger partial charge in [-0.25, -0.2) is 9.78 Å². The third-order valence-electron chi connectivity index (χ3n) is 3.73. The number of carbonyl (C=O) groups is 1. The Morgan fingerprint density at radius 2 is 2.18 bits per heavy atom. The van der Waals surface area contributed by atoms with E-state index in [4.69, 9.17) is 4.74 Å². The lowest BCUT2D eigenvalue weighted by molar-refractivity contribution is 0.0600. The maximum atomic E-state index is 11.3. The molecule has 0 aliphatic heterocycles. The van der Waals surface area contributed by atoms with Crippen LogP contribution in [0.15, 0.2) is 24.4 Å². The van der Waals surface area contributed by atoms with E-state index in [9.17, 15) is 15.0 Å². The van der Waals surface area contributed by atoms with Crippen molar-refractivity contribution in [2.24, 2.45) is 0 Å². The van der Waals surface area contributed by atoms with Crippen LogP contribution < -0.4 is 4.74 Å². The molecule has 0 spiro atoms. The summed E-state index contributed by atoms with van der Waals surface area (Å²) in [7, 11) is 0. The molecule has 6 heteroatoms. The minimum atomic E-state index is -1.01. The second-order valence-electron chi connectivity index (χ2n) is 5.48. The van der Waals surface area contributed by atoms with Crippen LogP contribution in [0.2, 0.25) is 0 Å². The van der Waals surface area contributed by atoms with Gasteiger partial charge in [0.05, 0.1) is 11.7 Å². The molecule has 1 aromatic carbocycles. The van der Waals surface area contributed by atoms with Crippen molar-refractivity contribution in [3.63, 3.8) is 0 Å². The number of rotatable bonds is 4. The molecule has 0 radical (unpaired) electrons. The quantitative estimate of drug-likeness (QED) is 0.905. The molecular formula is C16H17NO4S. The van der Waals surface area contributed by atoms with Crippen molar-refractivity contribution in [2.75, 3.05) is 0 Å². The van der Waals surface area contributed by atoms with Crippen LogP contribution in [0, 0.1) is 6.92 Å². The Kier molecular flexibility index (Phi) is 4.13. The number of hydrogen-bond acceptors (Lipinski definition) is 5. The highest BCUT2D eigenvalue weighted by molar-refractivity contribution is 7.14. The summed E-state index contributed by atoms with van der Waals surface area (Å²) in [6, 6.07) is 4.88. The highest BCUT2D eigenvalue weighted by Gasteiger charge is 2.27. The first-order valence-corrected chi connectivity index (χ1v) is 8.00. The van der Waals surface area contributed by atoms with Gasteiger partial charge in [-0.05, 0) is 44.4 Å². The first kappa shape index (κ1) is 15.0. The third kappa shape index (κ3) is 3.13. The van der Waals surface area contributed by atoms with Gasteiger partial charge in [0.25, 0.3) is 0 Å². The van der Waals surface area contributed by atoms with Gasteiger partial charge in [0.15, 0.2) is 0 Å². The molecule has 2 N–H and O–H groups in total. The van der Waals surface area contributed by atoms with Crippen molar-refractivity contribution in [3.05, 3.63) is 34.8 Å². The summed E-state index contributed by atoms with van der Waals surface area (Å²) in [5.74, 6) is -0.541. The number of carboxylic acid groups (broad SMARTS) is 1. The van der Waals surface area contributed by atoms with Crippen molar-refractivity contribution in [2.45, 2.75) is 38.4 Å². The molecule has 5 nitrogen and oxygen atoms in total. The minimum absolute atomic E-state index is 0.160. The molecule has 1 fully saturated rings. The summed E-state index contributed by atoms with van der Waals surface area (Å²) >= 11 is 1.50. The van der Waals surface area contributed by atoms with Crippen LogP contribution in [0.3, 0.4) is 0 Å². The van der Waals surface area contributed by atoms with E-state index in [2.05, 4.69) is 4.98 Å². The van der Waals surface area contributed by atoms with E-state index < -0.39 is 12.1 Å². The number of aryl methyl sites for hydroxylation is 1. The molecule has 1 saturated carbocycles. The van der Waals surface area contributed by atoms with Gasteiger partial charge in [0, 0.05) is 16.6 Å². The predicted molar refractivity (Wildman–Crippen MR) is 83.5 cm³/mol. The lowest BCUT2D eigenvalue weighted by atomic mass is 10.1. The zero-order valence-corrected chi connectivity index (χ0v) is 13.0. The summed E-state index contributed by atoms with van der Waals surface area (Å²) in [5, 5.41) is 19.9. The van der Waals surface area contributed by atoms with Gasteiger partial charge in [-0.3, -0.25) is 0 Å². The number of thiazole rings is 1. The van der Waals surface area contributed by atoms with Gasteiger partial charge in [0.2, 0.25) is 0 Å². The van der Waals surface area contributed by atoms with Crippen molar-refractivity contribution in [1.29, 1.82) is 0 Å². The fraction of sp³-hybridized carbons (Fsp3) is 0.375. The van der Waals surface area contributed by atoms with Gasteiger partial charge < -0.3 is 14.9 Å². The predicted octanol–water partition coefficient (Wildman–Crippen LogP) is 3.11. The maximum absolute atomic E-state index is 11.3. The molecular weight excluding hydrogens is 302 g/mol. The van der Waals surface area contributed by atoms with Crippen molar-refractivity contribution >= 4 is 17.3 Å². The Hall–Kier alpha value is -1.92. The summed E-state index contributed by atoms with van der Waals surface area (Å²) in [4.78, 5) is 16.7. The van der Waals surface area contributed by atoms with Crippen LogP contribution in [0.5, 0.6) is 5.75 Å². The standard InChI is InChI=1S/C16H17NO4S/c1-9-8-17-15(22-9)10-5-11(16(19)20)7-12(6-10)21-14-4-2-3-13(14)18/h5-8,13-14,18H,2-4H2,1H3,(H,19,20). The number of aromatic carboxylic acids is 1. The smallest absolute Gasteiger partial charge is 0.335 e. The molecule has 0 saturated heterocycles. The van der Waals surface area contributed by atoms with Crippen LogP contribution in [0.25, 0.3) is 10.6 Å². The summed E-state index contributed by atoms with van der Waals surface area (Å²) < 4.78 is 5.81. The largest absolute Gasteiger partial charge is 0.488 e. The molecule has 2 atom stereocenters. The van der Waals surface area contributed by atoms with E-state index in [1.165, 1.54) is 17.4 Å². The SMILES string of the molecule is Cc1cnc(-c2cc(OC3CCCC3O)cc(C(=O)O)c2)s1. The number of hydrogen-bond donors (Lipinski definition) is 2. The van der Waals surface area contributed by atoms with Crippen LogP contribution in [-0.2, 0) is 0 Å². The summed E-state index contributed by atoms with van der Waals surface area (Å²) in [5.41, 5.74) is 0.883. The van der Waals surface area contributed by atoms with Crippen LogP contribution in [0.4, 0.5) is 0 Å². The van der Waals surface area contributed by atoms with E-state index >= 15 is 0 Å². The highest BCUT2D eigenvalue weighted by atomic mass is 32.1. The molecule has 2 unspecified atom stereocenters. The number of nitrogens with zero attached hydrogens (tertiary/aromatic N) is 1. The summed E-state index contributed by atoms with van der Waals surface area (Å²) in [6.45, 7) is 1.95. The molecule has 2 aromatic rings. The molecule has 3 rings (SSSR count). The minimum Gasteiger partial charge on any atom is -0.488 e. The van der Waals surface area contributed by atoms with E-state index in [0.29, 0.717) is 5.75 Å². The van der Waals surface area contributed by atoms with E-state index in [1.807, 2.05) is 6.92 Å². The van der Waals surface area contributed by atoms with Gasteiger partial charge in [-0.1, -0.05) is 0 Å². The van der Waals surface area contributed by atoms with Crippen LogP contribution in [-0.4, -0.2) is 33.4 Å². The van der Waals surface area contributed by atoms with Crippen molar-refractivity contribution in [1.82, 2.24) is 4.98 Å². The molecule has 0 amide bonds. The maximum Gasteiger partial charge on any atom is 0.335 e. The first-order chi connectivity index (χ1) is 10.5. The Morgan fingerprint density at radius 3 is 2.77 bits per heavy atom. The zero-order valence-electron chi connectivity index (χ0n) is 12.2. The molecule has 1 aliphatic carbocycles. The number of carboxylic acids is 1. The average Bonchev–Trinajstić information content (AvgIpc) is 3.08. The van der Waals surface area contributed by atoms with Crippen molar-refractivity contribution in [3.8, 4) is 16.3 Å². The molecule has 0 bridgehead atoms. The molecule has 1 heterocycles. The monoisotopic (exact) mass is 319 g/mol. The number of benzene rings is 1. The molecule has 1 aromatic heterocycles. The molecule has 22 heavy (non-hydrogen) atoms. The van der Waals surface area contributed by atoms with E-state index in [-0.39, 0.29) is 11.7 Å². The van der Waals surface area contributed by atoms with Crippen molar-refractivity contribution < 1.29 is 19.7 Å². The van der Waals surface area contributed by atoms with Gasteiger partial charge in [-0.15, -0.1) is 11.3 Å². The topological polar surface area (TPSA) is 79.7 Å².